The number of rotatable bonds is 4. The van der Waals surface area contributed by atoms with E-state index in [0.29, 0.717) is 17.0 Å². The molecule has 0 aliphatic heterocycles. The summed E-state index contributed by atoms with van der Waals surface area (Å²) < 4.78 is 3.14. The molecule has 2 aromatic rings. The number of Topliss-reactive ketones (excluding diaryl/α,β-unsaturated/α-hetero) is 1. The summed E-state index contributed by atoms with van der Waals surface area (Å²) in [5, 5.41) is 27.5. The van der Waals surface area contributed by atoms with E-state index < -0.39 is 6.17 Å². The minimum absolute atomic E-state index is 0.0278. The molecule has 0 aromatic carbocycles. The van der Waals surface area contributed by atoms with E-state index in [-0.39, 0.29) is 17.1 Å². The van der Waals surface area contributed by atoms with Crippen molar-refractivity contribution in [1.82, 2.24) is 19.6 Å². The number of ketones is 1. The van der Waals surface area contributed by atoms with Gasteiger partial charge in [-0.05, 0) is 92.3 Å². The SMILES string of the molecule is C[C@H]1CC[C@@H]2C3CC[C@@]4(C)C(CCC[C@@H]4C(=O)C(n4cc(C#N)cn4)n4cc(C#N)cn4)[C@@H]3CC[C@@H]2C1. The number of nitriles is 2. The standard InChI is InChI=1S/C30H38N6O/c1-19-6-8-23-22(12-19)7-9-25-24(23)10-11-30(2)26(25)4-3-5-27(30)28(37)29(35-17-20(13-31)15-33-35)36-18-21(14-32)16-34-36/h15-19,22-27,29H,3-12H2,1-2H3/t19-,22+,23-,24?,25+,26?,27+,30-/m0/s1. The molecule has 0 spiro atoms. The second kappa shape index (κ2) is 9.43. The van der Waals surface area contributed by atoms with E-state index in [1.165, 1.54) is 57.3 Å². The van der Waals surface area contributed by atoms with E-state index in [2.05, 4.69) is 36.2 Å². The molecule has 194 valence electrons. The maximum absolute atomic E-state index is 14.5. The fraction of sp³-hybridized carbons (Fsp3) is 0.700. The third-order valence-corrected chi connectivity index (χ3v) is 11.0. The maximum atomic E-state index is 14.5. The number of carbonyl (C=O) groups is 1. The van der Waals surface area contributed by atoms with E-state index in [9.17, 15) is 15.3 Å². The van der Waals surface area contributed by atoms with E-state index >= 15 is 0 Å². The number of fused-ring (bicyclic) bond motifs is 5. The quantitative estimate of drug-likeness (QED) is 0.535. The van der Waals surface area contributed by atoms with Crippen LogP contribution >= 0.6 is 0 Å². The van der Waals surface area contributed by atoms with Gasteiger partial charge in [0, 0.05) is 18.3 Å². The third kappa shape index (κ3) is 4.02. The average molecular weight is 499 g/mol. The largest absolute Gasteiger partial charge is 0.295 e. The molecule has 4 saturated carbocycles. The zero-order valence-corrected chi connectivity index (χ0v) is 22.1. The Morgan fingerprint density at radius 3 is 2.27 bits per heavy atom. The molecule has 4 aliphatic rings. The van der Waals surface area contributed by atoms with Crippen molar-refractivity contribution in [3.05, 3.63) is 35.9 Å². The molecule has 0 amide bonds. The first-order valence-corrected chi connectivity index (χ1v) is 14.3. The minimum atomic E-state index is -0.780. The molecule has 7 heteroatoms. The molecule has 0 N–H and O–H groups in total. The summed E-state index contributed by atoms with van der Waals surface area (Å²) in [5.74, 6) is 4.90. The first-order chi connectivity index (χ1) is 17.9. The summed E-state index contributed by atoms with van der Waals surface area (Å²) in [6.45, 7) is 4.83. The highest BCUT2D eigenvalue weighted by molar-refractivity contribution is 5.85. The lowest BCUT2D eigenvalue weighted by Crippen LogP contribution is -2.55. The summed E-state index contributed by atoms with van der Waals surface area (Å²) in [5.41, 5.74) is 0.800. The Balaban J connectivity index is 1.31. The van der Waals surface area contributed by atoms with Gasteiger partial charge in [-0.3, -0.25) is 4.79 Å². The van der Waals surface area contributed by atoms with Crippen molar-refractivity contribution >= 4 is 5.78 Å². The monoisotopic (exact) mass is 498 g/mol. The molecule has 0 bridgehead atoms. The van der Waals surface area contributed by atoms with E-state index in [0.717, 1.165) is 48.9 Å². The normalized spacial score (nSPS) is 37.1. The Kier molecular flexibility index (Phi) is 6.22. The number of carbonyl (C=O) groups excluding carboxylic acids is 1. The first-order valence-electron chi connectivity index (χ1n) is 14.3. The topological polar surface area (TPSA) is 100 Å². The van der Waals surface area contributed by atoms with Gasteiger partial charge >= 0.3 is 0 Å². The van der Waals surface area contributed by atoms with Crippen LogP contribution in [0.15, 0.2) is 24.8 Å². The zero-order chi connectivity index (χ0) is 25.7. The van der Waals surface area contributed by atoms with Crippen molar-refractivity contribution in [1.29, 1.82) is 10.5 Å². The lowest BCUT2D eigenvalue weighted by atomic mass is 9.44. The van der Waals surface area contributed by atoms with Crippen LogP contribution in [0.3, 0.4) is 0 Å². The van der Waals surface area contributed by atoms with E-state index in [1.54, 1.807) is 21.8 Å². The molecule has 37 heavy (non-hydrogen) atoms. The lowest BCUT2D eigenvalue weighted by Gasteiger charge is -2.60. The van der Waals surface area contributed by atoms with Crippen LogP contribution in [-0.4, -0.2) is 25.3 Å². The molecule has 2 unspecified atom stereocenters. The highest BCUT2D eigenvalue weighted by Gasteiger charge is 2.57. The van der Waals surface area contributed by atoms with E-state index in [4.69, 9.17) is 0 Å². The molecule has 0 saturated heterocycles. The van der Waals surface area contributed by atoms with E-state index in [1.807, 2.05) is 0 Å². The van der Waals surface area contributed by atoms with Crippen LogP contribution in [0.25, 0.3) is 0 Å². The van der Waals surface area contributed by atoms with Crippen LogP contribution in [0.1, 0.15) is 95.3 Å². The lowest BCUT2D eigenvalue weighted by molar-refractivity contribution is -0.148. The van der Waals surface area contributed by atoms with Gasteiger partial charge in [0.1, 0.15) is 12.1 Å². The summed E-state index contributed by atoms with van der Waals surface area (Å²) in [7, 11) is 0. The molecule has 0 radical (unpaired) electrons. The third-order valence-electron chi connectivity index (χ3n) is 11.0. The van der Waals surface area contributed by atoms with Gasteiger partial charge in [0.25, 0.3) is 0 Å². The fourth-order valence-corrected chi connectivity index (χ4v) is 9.37. The van der Waals surface area contributed by atoms with Gasteiger partial charge in [0.05, 0.1) is 23.5 Å². The van der Waals surface area contributed by atoms with Crippen LogP contribution in [0.4, 0.5) is 0 Å². The highest BCUT2D eigenvalue weighted by atomic mass is 16.1. The Hall–Kier alpha value is -2.93. The average Bonchev–Trinajstić information content (AvgIpc) is 3.57. The van der Waals surface area contributed by atoms with Gasteiger partial charge in [-0.1, -0.05) is 26.7 Å². The van der Waals surface area contributed by atoms with Gasteiger partial charge < -0.3 is 0 Å². The van der Waals surface area contributed by atoms with Crippen LogP contribution in [0, 0.1) is 69.5 Å². The Morgan fingerprint density at radius 1 is 0.946 bits per heavy atom. The van der Waals surface area contributed by atoms with Crippen molar-refractivity contribution in [2.75, 3.05) is 0 Å². The summed E-state index contributed by atoms with van der Waals surface area (Å²) in [6.07, 6.45) is 18.0. The predicted octanol–water partition coefficient (Wildman–Crippen LogP) is 5.73. The van der Waals surface area contributed by atoms with Crippen LogP contribution < -0.4 is 0 Å². The summed E-state index contributed by atoms with van der Waals surface area (Å²) in [6, 6.07) is 4.24. The van der Waals surface area contributed by atoms with Crippen LogP contribution in [0.2, 0.25) is 0 Å². The number of hydrogen-bond acceptors (Lipinski definition) is 5. The minimum Gasteiger partial charge on any atom is -0.295 e. The maximum Gasteiger partial charge on any atom is 0.201 e. The second-order valence-electron chi connectivity index (χ2n) is 12.8. The van der Waals surface area contributed by atoms with Gasteiger partial charge in [-0.25, -0.2) is 9.36 Å². The molecular formula is C30H38N6O. The van der Waals surface area contributed by atoms with Crippen LogP contribution in [-0.2, 0) is 4.79 Å². The summed E-state index contributed by atoms with van der Waals surface area (Å²) >= 11 is 0. The number of hydrogen-bond donors (Lipinski definition) is 0. The van der Waals surface area contributed by atoms with Crippen molar-refractivity contribution in [3.63, 3.8) is 0 Å². The molecule has 4 fully saturated rings. The Bertz CT molecular complexity index is 1200. The smallest absolute Gasteiger partial charge is 0.201 e. The molecule has 2 aromatic heterocycles. The molecule has 4 aliphatic carbocycles. The molecule has 2 heterocycles. The van der Waals surface area contributed by atoms with Gasteiger partial charge in [-0.2, -0.15) is 20.7 Å². The molecule has 7 nitrogen and oxygen atoms in total. The van der Waals surface area contributed by atoms with Crippen molar-refractivity contribution in [2.24, 2.45) is 46.8 Å². The first kappa shape index (κ1) is 24.4. The van der Waals surface area contributed by atoms with Gasteiger partial charge in [-0.15, -0.1) is 0 Å². The van der Waals surface area contributed by atoms with Crippen molar-refractivity contribution < 1.29 is 4.79 Å². The molecule has 6 rings (SSSR count). The number of aromatic nitrogens is 4. The van der Waals surface area contributed by atoms with Crippen molar-refractivity contribution in [3.8, 4) is 12.1 Å². The molecular weight excluding hydrogens is 460 g/mol. The Morgan fingerprint density at radius 2 is 1.62 bits per heavy atom. The van der Waals surface area contributed by atoms with Crippen molar-refractivity contribution in [2.45, 2.75) is 84.2 Å². The highest BCUT2D eigenvalue weighted by Crippen LogP contribution is 2.63. The van der Waals surface area contributed by atoms with Gasteiger partial charge in [0.15, 0.2) is 5.78 Å². The molecule has 8 atom stereocenters. The number of nitrogens with zero attached hydrogens (tertiary/aromatic N) is 6. The predicted molar refractivity (Wildman–Crippen MR) is 138 cm³/mol. The summed E-state index contributed by atoms with van der Waals surface area (Å²) in [4.78, 5) is 14.5. The van der Waals surface area contributed by atoms with Gasteiger partial charge in [0.2, 0.25) is 6.17 Å². The zero-order valence-electron chi connectivity index (χ0n) is 22.1. The fourth-order valence-electron chi connectivity index (χ4n) is 9.37. The second-order valence-corrected chi connectivity index (χ2v) is 12.8. The Labute approximate surface area is 219 Å². The van der Waals surface area contributed by atoms with Crippen LogP contribution in [0.5, 0.6) is 0 Å².